The highest BCUT2D eigenvalue weighted by Gasteiger charge is 2.42. The SMILES string of the molecule is CNC(=O)CCC(CCC(=O)NC(C)(C)C)(CCC(=O)NC(C)(C)C)C(C)(C)C. The van der Waals surface area contributed by atoms with Crippen LogP contribution in [0.2, 0.25) is 0 Å². The second-order valence-corrected chi connectivity index (χ2v) is 11.3. The number of hydrogen-bond donors (Lipinski definition) is 3. The molecule has 0 aromatic carbocycles. The molecular weight excluding hydrogens is 366 g/mol. The van der Waals surface area contributed by atoms with Gasteiger partial charge in [0.1, 0.15) is 0 Å². The van der Waals surface area contributed by atoms with Crippen LogP contribution in [0.15, 0.2) is 0 Å². The molecule has 0 aliphatic carbocycles. The molecule has 3 amide bonds. The number of amides is 3. The van der Waals surface area contributed by atoms with Gasteiger partial charge in [-0.15, -0.1) is 0 Å². The summed E-state index contributed by atoms with van der Waals surface area (Å²) < 4.78 is 0. The van der Waals surface area contributed by atoms with Crippen LogP contribution in [0.1, 0.15) is 101 Å². The molecule has 0 aliphatic heterocycles. The highest BCUT2D eigenvalue weighted by Crippen LogP contribution is 2.49. The first-order valence-electron chi connectivity index (χ1n) is 10.7. The van der Waals surface area contributed by atoms with E-state index in [-0.39, 0.29) is 39.6 Å². The van der Waals surface area contributed by atoms with E-state index in [1.807, 2.05) is 41.5 Å². The highest BCUT2D eigenvalue weighted by molar-refractivity contribution is 5.78. The first-order valence-corrected chi connectivity index (χ1v) is 10.7. The van der Waals surface area contributed by atoms with Crippen molar-refractivity contribution < 1.29 is 14.4 Å². The molecule has 3 N–H and O–H groups in total. The molecule has 6 heteroatoms. The molecule has 170 valence electrons. The Kier molecular flexibility index (Phi) is 9.87. The van der Waals surface area contributed by atoms with Gasteiger partial charge < -0.3 is 16.0 Å². The van der Waals surface area contributed by atoms with Crippen LogP contribution in [-0.2, 0) is 14.4 Å². The normalized spacial score (nSPS) is 13.0. The minimum atomic E-state index is -0.302. The van der Waals surface area contributed by atoms with Crippen LogP contribution in [0.4, 0.5) is 0 Å². The predicted molar refractivity (Wildman–Crippen MR) is 119 cm³/mol. The summed E-state index contributed by atoms with van der Waals surface area (Å²) in [7, 11) is 1.63. The number of carbonyl (C=O) groups is 3. The lowest BCUT2D eigenvalue weighted by molar-refractivity contribution is -0.124. The van der Waals surface area contributed by atoms with Crippen LogP contribution in [0.25, 0.3) is 0 Å². The van der Waals surface area contributed by atoms with Crippen LogP contribution in [0.5, 0.6) is 0 Å². The Morgan fingerprint density at radius 1 is 0.586 bits per heavy atom. The smallest absolute Gasteiger partial charge is 0.220 e. The van der Waals surface area contributed by atoms with Gasteiger partial charge in [0.05, 0.1) is 0 Å². The third-order valence-corrected chi connectivity index (χ3v) is 5.39. The summed E-state index contributed by atoms with van der Waals surface area (Å²) in [6.07, 6.45) is 3.06. The maximum absolute atomic E-state index is 12.5. The molecule has 0 spiro atoms. The molecule has 0 radical (unpaired) electrons. The topological polar surface area (TPSA) is 87.3 Å². The molecule has 0 heterocycles. The zero-order chi connectivity index (χ0) is 23.1. The van der Waals surface area contributed by atoms with Gasteiger partial charge in [-0.2, -0.15) is 0 Å². The van der Waals surface area contributed by atoms with Crippen molar-refractivity contribution in [2.45, 2.75) is 112 Å². The first kappa shape index (κ1) is 27.4. The lowest BCUT2D eigenvalue weighted by Crippen LogP contribution is -2.44. The van der Waals surface area contributed by atoms with E-state index in [9.17, 15) is 14.4 Å². The Labute approximate surface area is 178 Å². The van der Waals surface area contributed by atoms with Gasteiger partial charge in [-0.05, 0) is 71.6 Å². The maximum atomic E-state index is 12.5. The van der Waals surface area contributed by atoms with Crippen molar-refractivity contribution in [1.29, 1.82) is 0 Å². The fourth-order valence-electron chi connectivity index (χ4n) is 3.64. The fourth-order valence-corrected chi connectivity index (χ4v) is 3.64. The Bertz CT molecular complexity index is 531. The van der Waals surface area contributed by atoms with Crippen LogP contribution in [0.3, 0.4) is 0 Å². The van der Waals surface area contributed by atoms with Gasteiger partial charge in [0, 0.05) is 37.4 Å². The van der Waals surface area contributed by atoms with Gasteiger partial charge in [-0.3, -0.25) is 14.4 Å². The van der Waals surface area contributed by atoms with Crippen molar-refractivity contribution in [2.75, 3.05) is 7.05 Å². The van der Waals surface area contributed by atoms with Crippen molar-refractivity contribution >= 4 is 17.7 Å². The molecular formula is C23H45N3O3. The van der Waals surface area contributed by atoms with Gasteiger partial charge in [0.15, 0.2) is 0 Å². The average Bonchev–Trinajstić information content (AvgIpc) is 2.49. The van der Waals surface area contributed by atoms with Crippen molar-refractivity contribution in [3.05, 3.63) is 0 Å². The number of nitrogens with one attached hydrogen (secondary N) is 3. The minimum absolute atomic E-state index is 0.00483. The second kappa shape index (κ2) is 10.4. The number of carbonyl (C=O) groups excluding carboxylic acids is 3. The van der Waals surface area contributed by atoms with Crippen molar-refractivity contribution in [2.24, 2.45) is 10.8 Å². The summed E-state index contributed by atoms with van der Waals surface area (Å²) in [5.41, 5.74) is -1.03. The summed E-state index contributed by atoms with van der Waals surface area (Å²) in [4.78, 5) is 36.9. The number of rotatable bonds is 9. The largest absolute Gasteiger partial charge is 0.359 e. The highest BCUT2D eigenvalue weighted by atomic mass is 16.2. The summed E-state index contributed by atoms with van der Waals surface area (Å²) >= 11 is 0. The van der Waals surface area contributed by atoms with Gasteiger partial charge >= 0.3 is 0 Å². The van der Waals surface area contributed by atoms with Crippen molar-refractivity contribution in [3.63, 3.8) is 0 Å². The molecule has 0 atom stereocenters. The second-order valence-electron chi connectivity index (χ2n) is 11.3. The molecule has 0 aliphatic rings. The standard InChI is InChI=1S/C23H45N3O3/c1-20(2,3)23(14-11-17(27)24-10,15-12-18(28)25-21(4,5)6)16-13-19(29)26-22(7,8)9/h11-16H2,1-10H3,(H,24,27)(H,25,28)(H,26,29). The monoisotopic (exact) mass is 411 g/mol. The van der Waals surface area contributed by atoms with E-state index in [2.05, 4.69) is 36.7 Å². The Morgan fingerprint density at radius 2 is 0.897 bits per heavy atom. The van der Waals surface area contributed by atoms with E-state index in [0.29, 0.717) is 38.5 Å². The van der Waals surface area contributed by atoms with Gasteiger partial charge in [0.25, 0.3) is 0 Å². The Morgan fingerprint density at radius 3 is 1.14 bits per heavy atom. The predicted octanol–water partition coefficient (Wildman–Crippen LogP) is 3.93. The third kappa shape index (κ3) is 11.2. The maximum Gasteiger partial charge on any atom is 0.220 e. The van der Waals surface area contributed by atoms with E-state index >= 15 is 0 Å². The first-order chi connectivity index (χ1) is 12.9. The van der Waals surface area contributed by atoms with Gasteiger partial charge in [-0.1, -0.05) is 20.8 Å². The lowest BCUT2D eigenvalue weighted by atomic mass is 9.59. The quantitative estimate of drug-likeness (QED) is 0.537. The molecule has 0 fully saturated rings. The Hall–Kier alpha value is -1.59. The van der Waals surface area contributed by atoms with E-state index < -0.39 is 0 Å². The average molecular weight is 412 g/mol. The zero-order valence-corrected chi connectivity index (χ0v) is 20.5. The van der Waals surface area contributed by atoms with E-state index in [4.69, 9.17) is 0 Å². The molecule has 6 nitrogen and oxygen atoms in total. The minimum Gasteiger partial charge on any atom is -0.359 e. The Balaban J connectivity index is 5.50. The van der Waals surface area contributed by atoms with Crippen molar-refractivity contribution in [1.82, 2.24) is 16.0 Å². The zero-order valence-electron chi connectivity index (χ0n) is 20.5. The van der Waals surface area contributed by atoms with Crippen molar-refractivity contribution in [3.8, 4) is 0 Å². The summed E-state index contributed by atoms with van der Waals surface area (Å²) in [5.74, 6) is -0.00710. The van der Waals surface area contributed by atoms with E-state index in [0.717, 1.165) is 0 Å². The number of hydrogen-bond acceptors (Lipinski definition) is 3. The summed E-state index contributed by atoms with van der Waals surface area (Å²) in [5, 5.41) is 8.72. The molecule has 0 saturated heterocycles. The molecule has 0 rings (SSSR count). The van der Waals surface area contributed by atoms with E-state index in [1.165, 1.54) is 0 Å². The molecule has 0 saturated carbocycles. The molecule has 0 aromatic heterocycles. The molecule has 0 aromatic rings. The molecule has 0 unspecified atom stereocenters. The van der Waals surface area contributed by atoms with E-state index in [1.54, 1.807) is 7.05 Å². The molecule has 29 heavy (non-hydrogen) atoms. The summed E-state index contributed by atoms with van der Waals surface area (Å²) in [6.45, 7) is 18.2. The van der Waals surface area contributed by atoms with Gasteiger partial charge in [-0.25, -0.2) is 0 Å². The van der Waals surface area contributed by atoms with Crippen LogP contribution < -0.4 is 16.0 Å². The van der Waals surface area contributed by atoms with Gasteiger partial charge in [0.2, 0.25) is 17.7 Å². The summed E-state index contributed by atoms with van der Waals surface area (Å²) in [6, 6.07) is 0. The molecule has 0 bridgehead atoms. The fraction of sp³-hybridized carbons (Fsp3) is 0.870. The van der Waals surface area contributed by atoms with Crippen LogP contribution in [0, 0.1) is 10.8 Å². The lowest BCUT2D eigenvalue weighted by Gasteiger charge is -2.46. The van der Waals surface area contributed by atoms with Crippen LogP contribution in [-0.4, -0.2) is 35.8 Å². The third-order valence-electron chi connectivity index (χ3n) is 5.39. The van der Waals surface area contributed by atoms with Crippen LogP contribution >= 0.6 is 0 Å².